The van der Waals surface area contributed by atoms with Crippen LogP contribution in [0.15, 0.2) is 176 Å². The van der Waals surface area contributed by atoms with Crippen molar-refractivity contribution in [1.29, 1.82) is 0 Å². The van der Waals surface area contributed by atoms with Gasteiger partial charge in [0.2, 0.25) is 0 Å². The van der Waals surface area contributed by atoms with Crippen molar-refractivity contribution in [3.05, 3.63) is 243 Å². The molecule has 0 saturated carbocycles. The minimum absolute atomic E-state index is 0.418. The summed E-state index contributed by atoms with van der Waals surface area (Å²) in [5.41, 5.74) is 19.6. The monoisotopic (exact) mass is 864 g/mol. The van der Waals surface area contributed by atoms with Crippen LogP contribution in [0, 0.1) is 0 Å². The third kappa shape index (κ3) is 5.23. The molecule has 0 atom stereocenters. The first-order chi connectivity index (χ1) is 30.3. The molecular formula is C56H41Al4BO2. The Bertz CT molecular complexity index is 3020. The average molecular weight is 865 g/mol. The lowest BCUT2D eigenvalue weighted by Crippen LogP contribution is -2.41. The normalized spacial score (nSPS) is 20.5. The van der Waals surface area contributed by atoms with Crippen LogP contribution in [0.2, 0.25) is 0 Å². The van der Waals surface area contributed by atoms with Crippen molar-refractivity contribution in [2.24, 2.45) is 0 Å². The second kappa shape index (κ2) is 13.8. The molecule has 4 aliphatic carbocycles. The fourth-order valence-corrected chi connectivity index (χ4v) is 14.1. The highest BCUT2D eigenvalue weighted by atomic mass is 27.1. The summed E-state index contributed by atoms with van der Waals surface area (Å²) in [5, 5.41) is 0. The molecule has 7 aromatic carbocycles. The first-order valence-corrected chi connectivity index (χ1v) is 24.2. The van der Waals surface area contributed by atoms with E-state index in [-0.39, 0.29) is 0 Å². The number of fused-ring (bicyclic) bond motifs is 8. The standard InChI is InChI=1S/C56H41BO2.4Al/c1-53(2)54(3,4)59-57(58-53)42-29-30-44-37(31-42)33-48-46-35-49-45(34-50(46)56(52(44)48,40-24-13-7-14-25-40)41-26-15-8-16-27-41)47-32-36-19-17-18-28-43(36)51(47)55(49,38-20-9-5-10-21-38)39-22-11-6-12-23-39;;;;/h5-31,34-35H,1-4H3;;;;. The van der Waals surface area contributed by atoms with Crippen molar-refractivity contribution >= 4 is 100 Å². The summed E-state index contributed by atoms with van der Waals surface area (Å²) < 4.78 is 12.4. The van der Waals surface area contributed by atoms with Crippen LogP contribution in [0.25, 0.3) is 22.3 Å². The average Bonchev–Trinajstić information content (AvgIpc) is 3.99. The molecule has 0 bridgehead atoms. The molecule has 0 amide bonds. The lowest BCUT2D eigenvalue weighted by molar-refractivity contribution is 0.00578. The van der Waals surface area contributed by atoms with Crippen LogP contribution in [0.4, 0.5) is 0 Å². The Morgan fingerprint density at radius 1 is 0.349 bits per heavy atom. The highest BCUT2D eigenvalue weighted by Crippen LogP contribution is 2.70. The van der Waals surface area contributed by atoms with Crippen LogP contribution in [0.5, 0.6) is 0 Å². The van der Waals surface area contributed by atoms with Gasteiger partial charge in [-0.2, -0.15) is 0 Å². The summed E-state index contributed by atoms with van der Waals surface area (Å²) in [6.07, 6.45) is 0. The Balaban J connectivity index is 1.21. The summed E-state index contributed by atoms with van der Waals surface area (Å²) in [6, 6.07) is 66.2. The molecule has 7 aromatic rings. The molecule has 1 heterocycles. The lowest BCUT2D eigenvalue weighted by atomic mass is 9.63. The molecule has 2 nitrogen and oxygen atoms in total. The molecule has 1 aliphatic heterocycles. The largest absolute Gasteiger partial charge is 0.494 e. The first kappa shape index (κ1) is 40.6. The Hall–Kier alpha value is -3.87. The van der Waals surface area contributed by atoms with Crippen molar-refractivity contribution < 1.29 is 9.31 Å². The van der Waals surface area contributed by atoms with Gasteiger partial charge in [0.05, 0.1) is 22.0 Å². The molecule has 63 heavy (non-hydrogen) atoms. The Morgan fingerprint density at radius 2 is 0.714 bits per heavy atom. The summed E-state index contributed by atoms with van der Waals surface area (Å²) in [6.45, 7) is 8.51. The van der Waals surface area contributed by atoms with E-state index in [0.29, 0.717) is 0 Å². The summed E-state index contributed by atoms with van der Waals surface area (Å²) in [4.78, 5) is 0. The van der Waals surface area contributed by atoms with E-state index in [9.17, 15) is 0 Å². The van der Waals surface area contributed by atoms with E-state index in [1.165, 1.54) is 89.1 Å². The fraction of sp³-hybridized carbons (Fsp3) is 0.179. The van der Waals surface area contributed by atoms with Gasteiger partial charge in [-0.1, -0.05) is 186 Å². The number of rotatable bonds is 5. The van der Waals surface area contributed by atoms with Crippen LogP contribution >= 0.6 is 0 Å². The van der Waals surface area contributed by atoms with E-state index in [0.717, 1.165) is 5.46 Å². The molecule has 0 N–H and O–H groups in total. The number of benzene rings is 7. The van der Waals surface area contributed by atoms with Gasteiger partial charge in [0.1, 0.15) is 65.2 Å². The predicted molar refractivity (Wildman–Crippen MR) is 261 cm³/mol. The van der Waals surface area contributed by atoms with Gasteiger partial charge in [0.25, 0.3) is 0 Å². The molecule has 0 aromatic heterocycles. The van der Waals surface area contributed by atoms with Crippen LogP contribution in [0.3, 0.4) is 0 Å². The van der Waals surface area contributed by atoms with E-state index in [4.69, 9.17) is 9.31 Å². The lowest BCUT2D eigenvalue weighted by Gasteiger charge is -2.39. The molecule has 1 saturated heterocycles. The van der Waals surface area contributed by atoms with Gasteiger partial charge in [-0.3, -0.25) is 0 Å². The van der Waals surface area contributed by atoms with E-state index in [1.807, 2.05) is 0 Å². The summed E-state index contributed by atoms with van der Waals surface area (Å²) in [7, 11) is -0.474. The minimum Gasteiger partial charge on any atom is -0.399 e. The smallest absolute Gasteiger partial charge is 0.399 e. The molecule has 1 fully saturated rings. The molecule has 12 rings (SSSR count). The van der Waals surface area contributed by atoms with Gasteiger partial charge in [0, 0.05) is 0 Å². The molecule has 7 heteroatoms. The topological polar surface area (TPSA) is 18.5 Å². The number of hydrogen-bond donors (Lipinski definition) is 0. The zero-order chi connectivity index (χ0) is 43.3. The molecular weight excluding hydrogens is 823 g/mol. The molecule has 8 radical (unpaired) electrons. The SMILES string of the molecule is CC1(C)OB(c2ccc3c(c2)[C]([Al])([Al])C2=C3C(c3ccccc3)(c3ccccc3)c3cc4c(cc32)C(c2ccccc2)(c2ccccc2)C2=C4[C]([Al])([Al])c3ccccc32)OC1(C)C. The first-order valence-electron chi connectivity index (χ1n) is 21.9. The second-order valence-electron chi connectivity index (χ2n) is 19.1. The molecule has 0 spiro atoms. The maximum absolute atomic E-state index is 6.69. The van der Waals surface area contributed by atoms with E-state index in [2.05, 4.69) is 269 Å². The number of allylic oxidation sites excluding steroid dienone is 4. The van der Waals surface area contributed by atoms with Crippen LogP contribution in [0.1, 0.15) is 94.5 Å². The maximum Gasteiger partial charge on any atom is 0.494 e. The quantitative estimate of drug-likeness (QED) is 0.161. The highest BCUT2D eigenvalue weighted by molar-refractivity contribution is 6.62. The molecule has 292 valence electrons. The second-order valence-corrected chi connectivity index (χ2v) is 24.1. The Kier molecular flexibility index (Phi) is 8.92. The van der Waals surface area contributed by atoms with Crippen LogP contribution < -0.4 is 5.46 Å². The van der Waals surface area contributed by atoms with Crippen molar-refractivity contribution in [2.75, 3.05) is 0 Å². The van der Waals surface area contributed by atoms with Crippen LogP contribution in [-0.2, 0) is 26.4 Å². The highest BCUT2D eigenvalue weighted by Gasteiger charge is 2.59. The van der Waals surface area contributed by atoms with Gasteiger partial charge in [-0.25, -0.2) is 0 Å². The fourth-order valence-electron chi connectivity index (χ4n) is 11.9. The van der Waals surface area contributed by atoms with E-state index < -0.39 is 35.4 Å². The Morgan fingerprint density at radius 3 is 1.14 bits per heavy atom. The van der Waals surface area contributed by atoms with Gasteiger partial charge >= 0.3 is 7.12 Å². The van der Waals surface area contributed by atoms with Crippen molar-refractivity contribution in [3.63, 3.8) is 0 Å². The maximum atomic E-state index is 6.69. The van der Waals surface area contributed by atoms with E-state index in [1.54, 1.807) is 0 Å². The van der Waals surface area contributed by atoms with Gasteiger partial charge < -0.3 is 9.31 Å². The van der Waals surface area contributed by atoms with Gasteiger partial charge in [-0.05, 0) is 112 Å². The van der Waals surface area contributed by atoms with Crippen LogP contribution in [-0.4, -0.2) is 83.5 Å². The molecule has 0 unspecified atom stereocenters. The van der Waals surface area contributed by atoms with Crippen molar-refractivity contribution in [2.45, 2.75) is 56.0 Å². The van der Waals surface area contributed by atoms with Crippen molar-refractivity contribution in [3.8, 4) is 0 Å². The third-order valence-corrected chi connectivity index (χ3v) is 17.7. The Labute approximate surface area is 404 Å². The third-order valence-electron chi connectivity index (χ3n) is 15.3. The molecule has 5 aliphatic rings. The zero-order valence-corrected chi connectivity index (χ0v) is 40.6. The summed E-state index contributed by atoms with van der Waals surface area (Å²) in [5.74, 6) is 0. The zero-order valence-electron chi connectivity index (χ0n) is 35.9. The minimum atomic E-state index is -0.640. The summed E-state index contributed by atoms with van der Waals surface area (Å²) >= 11 is 13.3. The van der Waals surface area contributed by atoms with Gasteiger partial charge in [-0.15, -0.1) is 6.28 Å². The van der Waals surface area contributed by atoms with Gasteiger partial charge in [0.15, 0.2) is 0 Å². The number of hydrogen-bond acceptors (Lipinski definition) is 2. The van der Waals surface area contributed by atoms with Crippen molar-refractivity contribution in [1.82, 2.24) is 0 Å². The van der Waals surface area contributed by atoms with E-state index >= 15 is 0 Å². The predicted octanol–water partition coefficient (Wildman–Crippen LogP) is 9.51.